The van der Waals surface area contributed by atoms with Crippen molar-refractivity contribution >= 4 is 23.3 Å². The molecule has 0 spiro atoms. The summed E-state index contributed by atoms with van der Waals surface area (Å²) < 4.78 is 5.09. The first-order valence-electron chi connectivity index (χ1n) is 6.36. The molecule has 1 fully saturated rings. The lowest BCUT2D eigenvalue weighted by Gasteiger charge is -2.25. The van der Waals surface area contributed by atoms with Crippen molar-refractivity contribution in [2.75, 3.05) is 13.2 Å². The smallest absolute Gasteiger partial charge is 0.332 e. The Morgan fingerprint density at radius 2 is 2.45 bits per heavy atom. The van der Waals surface area contributed by atoms with E-state index in [-0.39, 0.29) is 19.1 Å². The van der Waals surface area contributed by atoms with Crippen LogP contribution in [-0.4, -0.2) is 40.8 Å². The van der Waals surface area contributed by atoms with Gasteiger partial charge < -0.3 is 20.5 Å². The molecule has 0 radical (unpaired) electrons. The normalized spacial score (nSPS) is 23.2. The molecule has 2 rings (SSSR count). The van der Waals surface area contributed by atoms with Crippen LogP contribution in [0.2, 0.25) is 0 Å². The summed E-state index contributed by atoms with van der Waals surface area (Å²) in [7, 11) is 0. The Balaban J connectivity index is 1.99. The molecule has 1 aliphatic rings. The molecule has 3 N–H and O–H groups in total. The van der Waals surface area contributed by atoms with Crippen LogP contribution in [0.5, 0.6) is 0 Å². The first-order chi connectivity index (χ1) is 9.57. The molecular formula is C12H17N3O4S. The van der Waals surface area contributed by atoms with Crippen molar-refractivity contribution in [2.45, 2.75) is 31.3 Å². The summed E-state index contributed by atoms with van der Waals surface area (Å²) in [6, 6.07) is -0.733. The summed E-state index contributed by atoms with van der Waals surface area (Å²) in [4.78, 5) is 27.5. The Bertz CT molecular complexity index is 471. The standard InChI is InChI=1S/C12H17N3O4S/c1-2-8(9-13-4-6-20-9)14-11(18)15-12(10(16)17)3-5-19-7-12/h4,6,8H,2-3,5,7H2,1H3,(H,16,17)(H2,14,15,18). The molecule has 2 heterocycles. The van der Waals surface area contributed by atoms with Gasteiger partial charge in [0.25, 0.3) is 0 Å². The molecule has 1 aliphatic heterocycles. The van der Waals surface area contributed by atoms with Crippen LogP contribution in [0.1, 0.15) is 30.8 Å². The summed E-state index contributed by atoms with van der Waals surface area (Å²) in [5.41, 5.74) is -1.33. The van der Waals surface area contributed by atoms with Gasteiger partial charge in [0, 0.05) is 24.6 Å². The molecule has 8 heteroatoms. The molecule has 1 aromatic rings. The van der Waals surface area contributed by atoms with E-state index in [1.807, 2.05) is 12.3 Å². The maximum atomic E-state index is 12.0. The average molecular weight is 299 g/mol. The number of urea groups is 1. The van der Waals surface area contributed by atoms with Gasteiger partial charge in [-0.3, -0.25) is 0 Å². The third-order valence-electron chi connectivity index (χ3n) is 3.25. The maximum absolute atomic E-state index is 12.0. The summed E-state index contributed by atoms with van der Waals surface area (Å²) in [6.07, 6.45) is 2.62. The quantitative estimate of drug-likeness (QED) is 0.757. The Hall–Kier alpha value is -1.67. The van der Waals surface area contributed by atoms with Crippen molar-refractivity contribution in [3.05, 3.63) is 16.6 Å². The van der Waals surface area contributed by atoms with Crippen LogP contribution in [0.4, 0.5) is 4.79 Å². The van der Waals surface area contributed by atoms with Gasteiger partial charge in [-0.2, -0.15) is 0 Å². The molecule has 2 amide bonds. The van der Waals surface area contributed by atoms with Crippen LogP contribution in [0.15, 0.2) is 11.6 Å². The monoisotopic (exact) mass is 299 g/mol. The summed E-state index contributed by atoms with van der Waals surface area (Å²) in [6.45, 7) is 2.25. The van der Waals surface area contributed by atoms with Crippen LogP contribution in [-0.2, 0) is 9.53 Å². The highest BCUT2D eigenvalue weighted by Crippen LogP contribution is 2.21. The minimum absolute atomic E-state index is 0.0101. The highest BCUT2D eigenvalue weighted by Gasteiger charge is 2.44. The van der Waals surface area contributed by atoms with Crippen molar-refractivity contribution in [1.82, 2.24) is 15.6 Å². The molecule has 7 nitrogen and oxygen atoms in total. The molecule has 1 saturated heterocycles. The predicted molar refractivity (Wildman–Crippen MR) is 72.6 cm³/mol. The Kier molecular flexibility index (Phi) is 4.56. The highest BCUT2D eigenvalue weighted by atomic mass is 32.1. The fourth-order valence-corrected chi connectivity index (χ4v) is 2.82. The van der Waals surface area contributed by atoms with Crippen molar-refractivity contribution in [3.8, 4) is 0 Å². The highest BCUT2D eigenvalue weighted by molar-refractivity contribution is 7.09. The Morgan fingerprint density at radius 1 is 1.65 bits per heavy atom. The van der Waals surface area contributed by atoms with Gasteiger partial charge in [-0.1, -0.05) is 6.92 Å². The third kappa shape index (κ3) is 3.07. The molecule has 0 bridgehead atoms. The SMILES string of the molecule is CCC(NC(=O)NC1(C(=O)O)CCOC1)c1nccs1. The summed E-state index contributed by atoms with van der Waals surface area (Å²) in [5, 5.41) is 17.2. The van der Waals surface area contributed by atoms with Crippen LogP contribution >= 0.6 is 11.3 Å². The van der Waals surface area contributed by atoms with Gasteiger partial charge in [0.15, 0.2) is 5.54 Å². The van der Waals surface area contributed by atoms with Gasteiger partial charge in [0.2, 0.25) is 0 Å². The summed E-state index contributed by atoms with van der Waals surface area (Å²) in [5.74, 6) is -1.08. The molecule has 0 saturated carbocycles. The van der Waals surface area contributed by atoms with Crippen LogP contribution in [0.25, 0.3) is 0 Å². The van der Waals surface area contributed by atoms with Crippen molar-refractivity contribution in [2.24, 2.45) is 0 Å². The van der Waals surface area contributed by atoms with E-state index in [0.29, 0.717) is 13.0 Å². The molecule has 1 aromatic heterocycles. The lowest BCUT2D eigenvalue weighted by atomic mass is 9.99. The second-order valence-electron chi connectivity index (χ2n) is 4.62. The summed E-state index contributed by atoms with van der Waals surface area (Å²) >= 11 is 1.45. The lowest BCUT2D eigenvalue weighted by molar-refractivity contribution is -0.144. The van der Waals surface area contributed by atoms with E-state index in [0.717, 1.165) is 5.01 Å². The maximum Gasteiger partial charge on any atom is 0.332 e. The van der Waals surface area contributed by atoms with E-state index in [2.05, 4.69) is 15.6 Å². The number of amides is 2. The van der Waals surface area contributed by atoms with Gasteiger partial charge in [-0.05, 0) is 6.42 Å². The molecular weight excluding hydrogens is 282 g/mol. The largest absolute Gasteiger partial charge is 0.479 e. The van der Waals surface area contributed by atoms with E-state index in [4.69, 9.17) is 4.74 Å². The fourth-order valence-electron chi connectivity index (χ4n) is 2.04. The number of nitrogens with zero attached hydrogens (tertiary/aromatic N) is 1. The molecule has 2 atom stereocenters. The lowest BCUT2D eigenvalue weighted by Crippen LogP contribution is -2.58. The van der Waals surface area contributed by atoms with Crippen LogP contribution in [0.3, 0.4) is 0 Å². The molecule has 110 valence electrons. The molecule has 0 aliphatic carbocycles. The minimum atomic E-state index is -1.33. The van der Waals surface area contributed by atoms with Gasteiger partial charge >= 0.3 is 12.0 Å². The van der Waals surface area contributed by atoms with Gasteiger partial charge in [0.05, 0.1) is 12.6 Å². The van der Waals surface area contributed by atoms with Crippen molar-refractivity contribution in [1.29, 1.82) is 0 Å². The number of aliphatic carboxylic acids is 1. The number of nitrogens with one attached hydrogen (secondary N) is 2. The fraction of sp³-hybridized carbons (Fsp3) is 0.583. The predicted octanol–water partition coefficient (Wildman–Crippen LogP) is 1.14. The van der Waals surface area contributed by atoms with Gasteiger partial charge in [-0.25, -0.2) is 14.6 Å². The number of carboxylic acid groups (broad SMARTS) is 1. The van der Waals surface area contributed by atoms with E-state index >= 15 is 0 Å². The Labute approximate surface area is 120 Å². The number of carboxylic acids is 1. The first kappa shape index (κ1) is 14.7. The number of ether oxygens (including phenoxy) is 1. The first-order valence-corrected chi connectivity index (χ1v) is 7.24. The minimum Gasteiger partial charge on any atom is -0.479 e. The zero-order chi connectivity index (χ0) is 14.6. The molecule has 20 heavy (non-hydrogen) atoms. The Morgan fingerprint density at radius 3 is 2.95 bits per heavy atom. The van der Waals surface area contributed by atoms with E-state index in [9.17, 15) is 14.7 Å². The second-order valence-corrected chi connectivity index (χ2v) is 5.55. The number of thiazole rings is 1. The molecule has 0 aromatic carbocycles. The van der Waals surface area contributed by atoms with Crippen LogP contribution in [0, 0.1) is 0 Å². The van der Waals surface area contributed by atoms with Crippen molar-refractivity contribution < 1.29 is 19.4 Å². The van der Waals surface area contributed by atoms with Gasteiger partial charge in [0.1, 0.15) is 5.01 Å². The zero-order valence-electron chi connectivity index (χ0n) is 11.1. The van der Waals surface area contributed by atoms with Gasteiger partial charge in [-0.15, -0.1) is 11.3 Å². The number of hydrogen-bond donors (Lipinski definition) is 3. The zero-order valence-corrected chi connectivity index (χ0v) is 11.9. The number of aromatic nitrogens is 1. The number of carbonyl (C=O) groups is 2. The molecule has 2 unspecified atom stereocenters. The van der Waals surface area contributed by atoms with E-state index in [1.165, 1.54) is 11.3 Å². The topological polar surface area (TPSA) is 101 Å². The van der Waals surface area contributed by atoms with Crippen molar-refractivity contribution in [3.63, 3.8) is 0 Å². The third-order valence-corrected chi connectivity index (χ3v) is 4.14. The second kappa shape index (κ2) is 6.19. The average Bonchev–Trinajstić information content (AvgIpc) is 3.07. The number of rotatable bonds is 5. The van der Waals surface area contributed by atoms with E-state index in [1.54, 1.807) is 6.20 Å². The number of carbonyl (C=O) groups excluding carboxylic acids is 1. The number of hydrogen-bond acceptors (Lipinski definition) is 5. The van der Waals surface area contributed by atoms with E-state index < -0.39 is 17.5 Å². The van der Waals surface area contributed by atoms with Crippen LogP contribution < -0.4 is 10.6 Å².